The molecule has 0 bridgehead atoms. The van der Waals surface area contributed by atoms with E-state index in [-0.39, 0.29) is 12.6 Å². The average molecular weight is 252 g/mol. The SMILES string of the molecule is COC(=O)c1cccnc1N1CCOCC1CO. The van der Waals surface area contributed by atoms with Crippen LogP contribution in [0, 0.1) is 0 Å². The number of morpholine rings is 1. The molecule has 18 heavy (non-hydrogen) atoms. The summed E-state index contributed by atoms with van der Waals surface area (Å²) < 4.78 is 10.0. The molecule has 0 radical (unpaired) electrons. The molecular weight excluding hydrogens is 236 g/mol. The van der Waals surface area contributed by atoms with E-state index in [1.54, 1.807) is 18.3 Å². The Balaban J connectivity index is 2.33. The number of aliphatic hydroxyl groups is 1. The van der Waals surface area contributed by atoms with E-state index in [4.69, 9.17) is 9.47 Å². The smallest absolute Gasteiger partial charge is 0.341 e. The minimum Gasteiger partial charge on any atom is -0.465 e. The van der Waals surface area contributed by atoms with Crippen LogP contribution < -0.4 is 4.90 Å². The second-order valence-electron chi connectivity index (χ2n) is 3.97. The summed E-state index contributed by atoms with van der Waals surface area (Å²) in [4.78, 5) is 17.8. The quantitative estimate of drug-likeness (QED) is 0.767. The first-order valence-electron chi connectivity index (χ1n) is 5.76. The van der Waals surface area contributed by atoms with E-state index >= 15 is 0 Å². The predicted molar refractivity (Wildman–Crippen MR) is 64.6 cm³/mol. The van der Waals surface area contributed by atoms with Gasteiger partial charge >= 0.3 is 5.97 Å². The Morgan fingerprint density at radius 1 is 1.72 bits per heavy atom. The third kappa shape index (κ3) is 2.44. The largest absolute Gasteiger partial charge is 0.465 e. The number of anilines is 1. The van der Waals surface area contributed by atoms with Crippen LogP contribution in [0.3, 0.4) is 0 Å². The molecule has 0 aliphatic carbocycles. The molecule has 0 aromatic carbocycles. The summed E-state index contributed by atoms with van der Waals surface area (Å²) in [5, 5.41) is 9.34. The van der Waals surface area contributed by atoms with Crippen LogP contribution in [0.1, 0.15) is 10.4 Å². The van der Waals surface area contributed by atoms with Crippen molar-refractivity contribution in [3.05, 3.63) is 23.9 Å². The van der Waals surface area contributed by atoms with Crippen LogP contribution in [0.2, 0.25) is 0 Å². The number of aliphatic hydroxyl groups excluding tert-OH is 1. The van der Waals surface area contributed by atoms with Gasteiger partial charge < -0.3 is 19.5 Å². The predicted octanol–water partition coefficient (Wildman–Crippen LogP) is 0.0657. The van der Waals surface area contributed by atoms with Crippen LogP contribution in [-0.2, 0) is 9.47 Å². The average Bonchev–Trinajstić information content (AvgIpc) is 2.46. The Morgan fingerprint density at radius 2 is 2.56 bits per heavy atom. The van der Waals surface area contributed by atoms with Crippen LogP contribution >= 0.6 is 0 Å². The van der Waals surface area contributed by atoms with Gasteiger partial charge in [0.2, 0.25) is 0 Å². The van der Waals surface area contributed by atoms with E-state index in [1.807, 2.05) is 4.90 Å². The Bertz CT molecular complexity index is 424. The third-order valence-electron chi connectivity index (χ3n) is 2.90. The second-order valence-corrected chi connectivity index (χ2v) is 3.97. The van der Waals surface area contributed by atoms with Gasteiger partial charge in [0.25, 0.3) is 0 Å². The number of hydrogen-bond acceptors (Lipinski definition) is 6. The van der Waals surface area contributed by atoms with Gasteiger partial charge in [0, 0.05) is 12.7 Å². The monoisotopic (exact) mass is 252 g/mol. The van der Waals surface area contributed by atoms with Gasteiger partial charge in [0.05, 0.1) is 33.0 Å². The first-order valence-corrected chi connectivity index (χ1v) is 5.76. The lowest BCUT2D eigenvalue weighted by Gasteiger charge is -2.36. The second kappa shape index (κ2) is 5.79. The molecule has 1 aromatic rings. The minimum atomic E-state index is -0.429. The molecule has 0 saturated carbocycles. The molecule has 98 valence electrons. The third-order valence-corrected chi connectivity index (χ3v) is 2.90. The van der Waals surface area contributed by atoms with Crippen LogP contribution in [0.25, 0.3) is 0 Å². The summed E-state index contributed by atoms with van der Waals surface area (Å²) in [6.07, 6.45) is 1.62. The van der Waals surface area contributed by atoms with Crippen molar-refractivity contribution in [1.29, 1.82) is 0 Å². The maximum atomic E-state index is 11.7. The van der Waals surface area contributed by atoms with Crippen molar-refractivity contribution in [2.75, 3.05) is 38.4 Å². The molecule has 1 saturated heterocycles. The number of nitrogens with zero attached hydrogens (tertiary/aromatic N) is 2. The molecule has 1 unspecified atom stereocenters. The summed E-state index contributed by atoms with van der Waals surface area (Å²) in [5.41, 5.74) is 0.403. The van der Waals surface area contributed by atoms with Gasteiger partial charge in [0.15, 0.2) is 0 Å². The molecule has 1 atom stereocenters. The number of methoxy groups -OCH3 is 1. The van der Waals surface area contributed by atoms with Crippen molar-refractivity contribution < 1.29 is 19.4 Å². The van der Waals surface area contributed by atoms with Crippen molar-refractivity contribution in [3.8, 4) is 0 Å². The van der Waals surface area contributed by atoms with Gasteiger partial charge in [-0.3, -0.25) is 0 Å². The van der Waals surface area contributed by atoms with Crippen molar-refractivity contribution in [2.45, 2.75) is 6.04 Å². The van der Waals surface area contributed by atoms with Gasteiger partial charge in [0.1, 0.15) is 11.4 Å². The normalized spacial score (nSPS) is 19.7. The van der Waals surface area contributed by atoms with Crippen molar-refractivity contribution in [2.24, 2.45) is 0 Å². The molecule has 2 rings (SSSR count). The lowest BCUT2D eigenvalue weighted by atomic mass is 10.2. The Kier molecular flexibility index (Phi) is 4.11. The first-order chi connectivity index (χ1) is 8.77. The molecule has 1 aromatic heterocycles. The maximum Gasteiger partial charge on any atom is 0.341 e. The molecule has 1 aliphatic heterocycles. The van der Waals surface area contributed by atoms with E-state index in [1.165, 1.54) is 7.11 Å². The molecule has 6 nitrogen and oxygen atoms in total. The fourth-order valence-electron chi connectivity index (χ4n) is 1.98. The van der Waals surface area contributed by atoms with Crippen molar-refractivity contribution >= 4 is 11.8 Å². The number of aromatic nitrogens is 1. The zero-order valence-electron chi connectivity index (χ0n) is 10.2. The van der Waals surface area contributed by atoms with Crippen LogP contribution in [0.5, 0.6) is 0 Å². The molecule has 0 spiro atoms. The molecule has 0 amide bonds. The fraction of sp³-hybridized carbons (Fsp3) is 0.500. The Morgan fingerprint density at radius 3 is 3.28 bits per heavy atom. The molecule has 2 heterocycles. The zero-order chi connectivity index (χ0) is 13.0. The van der Waals surface area contributed by atoms with E-state index in [2.05, 4.69) is 4.98 Å². The van der Waals surface area contributed by atoms with Gasteiger partial charge in [-0.1, -0.05) is 0 Å². The van der Waals surface area contributed by atoms with Gasteiger partial charge in [-0.2, -0.15) is 0 Å². The summed E-state index contributed by atoms with van der Waals surface area (Å²) in [5.74, 6) is 0.105. The molecular formula is C12H16N2O4. The standard InChI is InChI=1S/C12H16N2O4/c1-17-12(16)10-3-2-4-13-11(10)14-5-6-18-8-9(14)7-15/h2-4,9,15H,5-8H2,1H3. The minimum absolute atomic E-state index is 0.0445. The fourth-order valence-corrected chi connectivity index (χ4v) is 1.98. The summed E-state index contributed by atoms with van der Waals surface area (Å²) in [6, 6.07) is 3.17. The highest BCUT2D eigenvalue weighted by molar-refractivity contribution is 5.94. The number of pyridine rings is 1. The number of rotatable bonds is 3. The number of esters is 1. The lowest BCUT2D eigenvalue weighted by molar-refractivity contribution is 0.0592. The van der Waals surface area contributed by atoms with Crippen LogP contribution in [0.15, 0.2) is 18.3 Å². The number of carbonyl (C=O) groups excluding carboxylic acids is 1. The van der Waals surface area contributed by atoms with E-state index < -0.39 is 5.97 Å². The Hall–Kier alpha value is -1.66. The Labute approximate surface area is 105 Å². The molecule has 6 heteroatoms. The first kappa shape index (κ1) is 12.8. The van der Waals surface area contributed by atoms with E-state index in [9.17, 15) is 9.90 Å². The topological polar surface area (TPSA) is 71.9 Å². The summed E-state index contributed by atoms with van der Waals surface area (Å²) in [6.45, 7) is 1.52. The van der Waals surface area contributed by atoms with Crippen molar-refractivity contribution in [3.63, 3.8) is 0 Å². The highest BCUT2D eigenvalue weighted by Crippen LogP contribution is 2.22. The number of carbonyl (C=O) groups is 1. The van der Waals surface area contributed by atoms with Crippen molar-refractivity contribution in [1.82, 2.24) is 4.98 Å². The highest BCUT2D eigenvalue weighted by Gasteiger charge is 2.27. The molecule has 1 N–H and O–H groups in total. The van der Waals surface area contributed by atoms with E-state index in [0.717, 1.165) is 0 Å². The van der Waals surface area contributed by atoms with Gasteiger partial charge in [-0.15, -0.1) is 0 Å². The van der Waals surface area contributed by atoms with Gasteiger partial charge in [-0.25, -0.2) is 9.78 Å². The van der Waals surface area contributed by atoms with E-state index in [0.29, 0.717) is 31.1 Å². The molecule has 1 fully saturated rings. The zero-order valence-corrected chi connectivity index (χ0v) is 10.2. The lowest BCUT2D eigenvalue weighted by Crippen LogP contribution is -2.48. The summed E-state index contributed by atoms with van der Waals surface area (Å²) >= 11 is 0. The highest BCUT2D eigenvalue weighted by atomic mass is 16.5. The number of hydrogen-bond donors (Lipinski definition) is 1. The van der Waals surface area contributed by atoms with Gasteiger partial charge in [-0.05, 0) is 12.1 Å². The maximum absolute atomic E-state index is 11.7. The molecule has 1 aliphatic rings. The number of ether oxygens (including phenoxy) is 2. The summed E-state index contributed by atoms with van der Waals surface area (Å²) in [7, 11) is 1.34. The van der Waals surface area contributed by atoms with Crippen LogP contribution in [-0.4, -0.2) is 55.6 Å². The van der Waals surface area contributed by atoms with Crippen LogP contribution in [0.4, 0.5) is 5.82 Å².